The predicted molar refractivity (Wildman–Crippen MR) is 122 cm³/mol. The average Bonchev–Trinajstić information content (AvgIpc) is 3.13. The van der Waals surface area contributed by atoms with Crippen molar-refractivity contribution >= 4 is 16.8 Å². The standard InChI is InChI=1S/C25H37N3O2/c1-3-26-14-16-27(17-15-26)25(29)22-19-28(18-20-10-7-5-4-6-8-11-20)24-21(22)12-9-13-23(24)30-2/h9,12-13,19-20H,3-8,10-11,14-18H2,1-2H3. The number of carbonyl (C=O) groups excluding carboxylic acids is 1. The maximum atomic E-state index is 13.5. The summed E-state index contributed by atoms with van der Waals surface area (Å²) in [4.78, 5) is 17.9. The molecule has 0 N–H and O–H groups in total. The van der Waals surface area contributed by atoms with E-state index < -0.39 is 0 Å². The quantitative estimate of drug-likeness (QED) is 0.710. The number of aromatic nitrogens is 1. The van der Waals surface area contributed by atoms with Crippen LogP contribution >= 0.6 is 0 Å². The van der Waals surface area contributed by atoms with Gasteiger partial charge >= 0.3 is 0 Å². The van der Waals surface area contributed by atoms with Gasteiger partial charge in [0.15, 0.2) is 0 Å². The first-order valence-corrected chi connectivity index (χ1v) is 11.9. The Balaban J connectivity index is 1.63. The lowest BCUT2D eigenvalue weighted by Crippen LogP contribution is -2.48. The summed E-state index contributed by atoms with van der Waals surface area (Å²) in [6.07, 6.45) is 11.5. The van der Waals surface area contributed by atoms with Crippen LogP contribution in [0.3, 0.4) is 0 Å². The van der Waals surface area contributed by atoms with Gasteiger partial charge in [-0.05, 0) is 31.4 Å². The second-order valence-electron chi connectivity index (χ2n) is 8.99. The SMILES string of the molecule is CCN1CCN(C(=O)c2cn(CC3CCCCCCC3)c3c(OC)cccc23)CC1. The van der Waals surface area contributed by atoms with E-state index in [1.807, 2.05) is 17.0 Å². The lowest BCUT2D eigenvalue weighted by Gasteiger charge is -2.34. The molecule has 2 fully saturated rings. The molecule has 0 atom stereocenters. The third-order valence-electron chi connectivity index (χ3n) is 7.10. The zero-order chi connectivity index (χ0) is 20.9. The van der Waals surface area contributed by atoms with Gasteiger partial charge in [0.1, 0.15) is 5.75 Å². The number of methoxy groups -OCH3 is 1. The molecule has 0 spiro atoms. The Morgan fingerprint density at radius 2 is 1.73 bits per heavy atom. The molecule has 5 nitrogen and oxygen atoms in total. The third kappa shape index (κ3) is 4.51. The first-order valence-electron chi connectivity index (χ1n) is 11.9. The van der Waals surface area contributed by atoms with E-state index in [-0.39, 0.29) is 5.91 Å². The molecule has 2 aliphatic rings. The summed E-state index contributed by atoms with van der Waals surface area (Å²) in [7, 11) is 1.73. The minimum absolute atomic E-state index is 0.167. The van der Waals surface area contributed by atoms with Crippen LogP contribution in [0.25, 0.3) is 10.9 Å². The molecule has 0 radical (unpaired) electrons. The Morgan fingerprint density at radius 3 is 2.40 bits per heavy atom. The van der Waals surface area contributed by atoms with Crippen LogP contribution in [-0.4, -0.2) is 60.1 Å². The number of benzene rings is 1. The molecule has 1 aliphatic heterocycles. The molecule has 1 saturated carbocycles. The molecular weight excluding hydrogens is 374 g/mol. The second kappa shape index (κ2) is 9.86. The van der Waals surface area contributed by atoms with Gasteiger partial charge in [-0.15, -0.1) is 0 Å². The molecule has 4 rings (SSSR count). The maximum Gasteiger partial charge on any atom is 0.256 e. The predicted octanol–water partition coefficient (Wildman–Crippen LogP) is 4.79. The van der Waals surface area contributed by atoms with E-state index in [1.165, 1.54) is 44.9 Å². The van der Waals surface area contributed by atoms with Gasteiger partial charge in [0.05, 0.1) is 18.2 Å². The fraction of sp³-hybridized carbons (Fsp3) is 0.640. The smallest absolute Gasteiger partial charge is 0.256 e. The van der Waals surface area contributed by atoms with Crippen LogP contribution < -0.4 is 4.74 Å². The Kier molecular flexibility index (Phi) is 6.98. The number of para-hydroxylation sites is 1. The summed E-state index contributed by atoms with van der Waals surface area (Å²) in [5, 5.41) is 1.03. The molecular formula is C25H37N3O2. The highest BCUT2D eigenvalue weighted by Crippen LogP contribution is 2.33. The van der Waals surface area contributed by atoms with Crippen LogP contribution in [0.15, 0.2) is 24.4 Å². The maximum absolute atomic E-state index is 13.5. The van der Waals surface area contributed by atoms with Gasteiger partial charge in [-0.1, -0.05) is 51.2 Å². The summed E-state index contributed by atoms with van der Waals surface area (Å²) in [5.41, 5.74) is 1.91. The molecule has 30 heavy (non-hydrogen) atoms. The van der Waals surface area contributed by atoms with Crippen molar-refractivity contribution in [2.75, 3.05) is 39.8 Å². The van der Waals surface area contributed by atoms with Crippen molar-refractivity contribution in [3.05, 3.63) is 30.0 Å². The number of likely N-dealkylation sites (N-methyl/N-ethyl adjacent to an activating group) is 1. The van der Waals surface area contributed by atoms with Crippen molar-refractivity contribution in [2.45, 2.75) is 58.4 Å². The molecule has 0 bridgehead atoms. The van der Waals surface area contributed by atoms with Gasteiger partial charge in [0, 0.05) is 44.3 Å². The lowest BCUT2D eigenvalue weighted by molar-refractivity contribution is 0.0645. The number of fused-ring (bicyclic) bond motifs is 1. The number of hydrogen-bond acceptors (Lipinski definition) is 3. The van der Waals surface area contributed by atoms with E-state index in [2.05, 4.69) is 28.7 Å². The highest BCUT2D eigenvalue weighted by atomic mass is 16.5. The highest BCUT2D eigenvalue weighted by Gasteiger charge is 2.26. The Morgan fingerprint density at radius 1 is 1.03 bits per heavy atom. The molecule has 1 saturated heterocycles. The number of hydrogen-bond donors (Lipinski definition) is 0. The summed E-state index contributed by atoms with van der Waals surface area (Å²) >= 11 is 0. The van der Waals surface area contributed by atoms with E-state index in [4.69, 9.17) is 4.74 Å². The van der Waals surface area contributed by atoms with E-state index >= 15 is 0 Å². The van der Waals surface area contributed by atoms with Crippen molar-refractivity contribution in [1.82, 2.24) is 14.4 Å². The van der Waals surface area contributed by atoms with E-state index in [1.54, 1.807) is 7.11 Å². The molecule has 2 heterocycles. The monoisotopic (exact) mass is 411 g/mol. The molecule has 0 unspecified atom stereocenters. The summed E-state index contributed by atoms with van der Waals surface area (Å²) in [5.74, 6) is 1.72. The van der Waals surface area contributed by atoms with Crippen LogP contribution in [0.4, 0.5) is 0 Å². The second-order valence-corrected chi connectivity index (χ2v) is 8.99. The average molecular weight is 412 g/mol. The van der Waals surface area contributed by atoms with Crippen LogP contribution in [0.1, 0.15) is 62.2 Å². The summed E-state index contributed by atoms with van der Waals surface area (Å²) in [6.45, 7) is 7.77. The topological polar surface area (TPSA) is 37.7 Å². The minimum atomic E-state index is 0.167. The molecule has 1 amide bonds. The molecule has 2 aromatic rings. The van der Waals surface area contributed by atoms with Crippen molar-refractivity contribution in [2.24, 2.45) is 5.92 Å². The number of piperazine rings is 1. The Hall–Kier alpha value is -2.01. The van der Waals surface area contributed by atoms with Gasteiger partial charge in [-0.3, -0.25) is 4.79 Å². The number of nitrogens with zero attached hydrogens (tertiary/aromatic N) is 3. The largest absolute Gasteiger partial charge is 0.495 e. The highest BCUT2D eigenvalue weighted by molar-refractivity contribution is 6.08. The number of ether oxygens (including phenoxy) is 1. The van der Waals surface area contributed by atoms with Crippen LogP contribution in [-0.2, 0) is 6.54 Å². The summed E-state index contributed by atoms with van der Waals surface area (Å²) in [6, 6.07) is 6.11. The van der Waals surface area contributed by atoms with Gasteiger partial charge in [-0.25, -0.2) is 0 Å². The third-order valence-corrected chi connectivity index (χ3v) is 7.10. The zero-order valence-electron chi connectivity index (χ0n) is 18.7. The van der Waals surface area contributed by atoms with E-state index in [0.29, 0.717) is 5.92 Å². The molecule has 1 aromatic heterocycles. The normalized spacial score (nSPS) is 19.6. The Labute approximate surface area is 181 Å². The van der Waals surface area contributed by atoms with Crippen LogP contribution in [0.5, 0.6) is 5.75 Å². The number of rotatable bonds is 5. The van der Waals surface area contributed by atoms with E-state index in [0.717, 1.165) is 61.5 Å². The fourth-order valence-electron chi connectivity index (χ4n) is 5.24. The van der Waals surface area contributed by atoms with Gasteiger partial charge in [-0.2, -0.15) is 0 Å². The van der Waals surface area contributed by atoms with Gasteiger partial charge in [0.2, 0.25) is 0 Å². The first-order chi connectivity index (χ1) is 14.7. The Bertz CT molecular complexity index is 843. The van der Waals surface area contributed by atoms with Crippen molar-refractivity contribution in [3.63, 3.8) is 0 Å². The van der Waals surface area contributed by atoms with Crippen molar-refractivity contribution in [1.29, 1.82) is 0 Å². The van der Waals surface area contributed by atoms with Crippen LogP contribution in [0, 0.1) is 5.92 Å². The molecule has 1 aromatic carbocycles. The lowest BCUT2D eigenvalue weighted by atomic mass is 9.91. The van der Waals surface area contributed by atoms with Crippen molar-refractivity contribution in [3.8, 4) is 5.75 Å². The van der Waals surface area contributed by atoms with Crippen LogP contribution in [0.2, 0.25) is 0 Å². The number of amides is 1. The van der Waals surface area contributed by atoms with Crippen molar-refractivity contribution < 1.29 is 9.53 Å². The fourth-order valence-corrected chi connectivity index (χ4v) is 5.24. The molecule has 1 aliphatic carbocycles. The van der Waals surface area contributed by atoms with E-state index in [9.17, 15) is 4.79 Å². The number of carbonyl (C=O) groups is 1. The molecule has 5 heteroatoms. The first kappa shape index (κ1) is 21.2. The van der Waals surface area contributed by atoms with Gasteiger partial charge < -0.3 is 19.1 Å². The zero-order valence-corrected chi connectivity index (χ0v) is 18.7. The van der Waals surface area contributed by atoms with Gasteiger partial charge in [0.25, 0.3) is 5.91 Å². The molecule has 164 valence electrons. The minimum Gasteiger partial charge on any atom is -0.495 e. The summed E-state index contributed by atoms with van der Waals surface area (Å²) < 4.78 is 8.03.